The molecule has 0 unspecified atom stereocenters. The van der Waals surface area contributed by atoms with Crippen molar-refractivity contribution in [1.82, 2.24) is 0 Å². The third kappa shape index (κ3) is 2.76. The first-order valence-electron chi connectivity index (χ1n) is 3.09. The van der Waals surface area contributed by atoms with Gasteiger partial charge in [-0.05, 0) is 30.7 Å². The molecular formula is C8H8Cl2OZr. The van der Waals surface area contributed by atoms with Crippen LogP contribution in [0.5, 0.6) is 0 Å². The van der Waals surface area contributed by atoms with Gasteiger partial charge >= 0.3 is 26.2 Å². The van der Waals surface area contributed by atoms with E-state index in [0.29, 0.717) is 0 Å². The summed E-state index contributed by atoms with van der Waals surface area (Å²) in [7, 11) is 0. The summed E-state index contributed by atoms with van der Waals surface area (Å²) in [6.45, 7) is 2.83. The van der Waals surface area contributed by atoms with Gasteiger partial charge < -0.3 is 29.6 Å². The Morgan fingerprint density at radius 1 is 1.25 bits per heavy atom. The monoisotopic (exact) mass is 280 g/mol. The van der Waals surface area contributed by atoms with Crippen molar-refractivity contribution in [1.29, 1.82) is 0 Å². The Labute approximate surface area is 104 Å². The summed E-state index contributed by atoms with van der Waals surface area (Å²) >= 11 is 0. The fourth-order valence-corrected chi connectivity index (χ4v) is 1.15. The van der Waals surface area contributed by atoms with Crippen LogP contribution in [-0.4, -0.2) is 6.61 Å². The van der Waals surface area contributed by atoms with Crippen molar-refractivity contribution < 1.29 is 55.8 Å². The van der Waals surface area contributed by atoms with Crippen molar-refractivity contribution in [2.24, 2.45) is 0 Å². The van der Waals surface area contributed by atoms with Gasteiger partial charge in [-0.25, -0.2) is 0 Å². The van der Waals surface area contributed by atoms with Crippen LogP contribution < -0.4 is 24.8 Å². The number of hydrogen-bond acceptors (Lipinski definition) is 1. The Balaban J connectivity index is 0. The molecule has 0 atom stereocenters. The summed E-state index contributed by atoms with van der Waals surface area (Å²) in [5.41, 5.74) is 2.54. The molecule has 0 saturated heterocycles. The van der Waals surface area contributed by atoms with Crippen LogP contribution in [0.4, 0.5) is 0 Å². The molecule has 0 aromatic carbocycles. The average Bonchev–Trinajstić information content (AvgIpc) is 2.22. The maximum Gasteiger partial charge on any atom is 2.00 e. The van der Waals surface area contributed by atoms with E-state index in [0.717, 1.165) is 12.4 Å². The molecule has 1 aliphatic carbocycles. The minimum absolute atomic E-state index is 0. The second kappa shape index (κ2) is 6.02. The van der Waals surface area contributed by atoms with Crippen LogP contribution >= 0.6 is 0 Å². The minimum atomic E-state index is 0. The maximum absolute atomic E-state index is 5.26. The summed E-state index contributed by atoms with van der Waals surface area (Å²) in [4.78, 5) is 0. The molecule has 0 N–H and O–H groups in total. The zero-order chi connectivity index (χ0) is 6.27. The number of halogens is 2. The van der Waals surface area contributed by atoms with E-state index < -0.39 is 0 Å². The normalized spacial score (nSPS) is 16.6. The smallest absolute Gasteiger partial charge is 1.00 e. The van der Waals surface area contributed by atoms with Crippen molar-refractivity contribution in [2.45, 2.75) is 6.92 Å². The maximum atomic E-state index is 5.26. The van der Waals surface area contributed by atoms with Crippen molar-refractivity contribution in [3.05, 3.63) is 35.1 Å². The minimum Gasteiger partial charge on any atom is -1.00 e. The topological polar surface area (TPSA) is 9.23 Å². The van der Waals surface area contributed by atoms with Gasteiger partial charge in [0.2, 0.25) is 0 Å². The van der Waals surface area contributed by atoms with Crippen LogP contribution in [-0.2, 0) is 30.9 Å². The predicted molar refractivity (Wildman–Crippen MR) is 35.9 cm³/mol. The second-order valence-corrected chi connectivity index (χ2v) is 2.37. The van der Waals surface area contributed by atoms with Gasteiger partial charge in [0.1, 0.15) is 12.4 Å². The molecule has 2 rings (SSSR count). The predicted octanol–water partition coefficient (Wildman–Crippen LogP) is -4.21. The number of hydrogen-bond donors (Lipinski definition) is 0. The molecule has 0 bridgehead atoms. The van der Waals surface area contributed by atoms with E-state index in [1.807, 2.05) is 0 Å². The summed E-state index contributed by atoms with van der Waals surface area (Å²) in [5, 5.41) is 0. The largest absolute Gasteiger partial charge is 2.00 e. The third-order valence-electron chi connectivity index (χ3n) is 1.57. The first-order chi connectivity index (χ1) is 4.36. The van der Waals surface area contributed by atoms with Crippen molar-refractivity contribution in [3.8, 4) is 0 Å². The van der Waals surface area contributed by atoms with E-state index in [4.69, 9.17) is 4.74 Å². The van der Waals surface area contributed by atoms with Gasteiger partial charge in [0.05, 0.1) is 0 Å². The Hall–Kier alpha value is 0.483. The molecule has 4 heteroatoms. The molecule has 0 spiro atoms. The van der Waals surface area contributed by atoms with Gasteiger partial charge in [0.25, 0.3) is 0 Å². The number of fused-ring (bicyclic) bond motifs is 1. The van der Waals surface area contributed by atoms with Crippen LogP contribution in [0.2, 0.25) is 0 Å². The van der Waals surface area contributed by atoms with Crippen molar-refractivity contribution in [2.75, 3.05) is 6.61 Å². The Morgan fingerprint density at radius 3 is 2.50 bits per heavy atom. The van der Waals surface area contributed by atoms with E-state index in [1.54, 1.807) is 0 Å². The fraction of sp³-hybridized carbons (Fsp3) is 0.250. The van der Waals surface area contributed by atoms with E-state index in [-0.39, 0.29) is 51.0 Å². The van der Waals surface area contributed by atoms with Crippen molar-refractivity contribution in [3.63, 3.8) is 0 Å². The molecule has 0 fully saturated rings. The number of ether oxygens (including phenoxy) is 1. The van der Waals surface area contributed by atoms with Gasteiger partial charge in [-0.1, -0.05) is 0 Å². The Kier molecular flexibility index (Phi) is 7.51. The molecule has 1 nitrogen and oxygen atoms in total. The standard InChI is InChI=1S/C8H8O.2ClH.Zr/c1-6-4-7-2-3-9-8(7)5-6;;;/h2,4-5H,3H2,1H3;2*1H;/q;;;+2/p-2. The SMILES string of the molecule is CC1=CC2=CCOC2=C1.[Cl-].[Cl-].[Zr+2]. The van der Waals surface area contributed by atoms with Gasteiger partial charge in [-0.15, -0.1) is 0 Å². The second-order valence-electron chi connectivity index (χ2n) is 2.37. The fourth-order valence-electron chi connectivity index (χ4n) is 1.15. The quantitative estimate of drug-likeness (QED) is 0.438. The molecule has 2 aliphatic rings. The van der Waals surface area contributed by atoms with Gasteiger partial charge in [-0.3, -0.25) is 0 Å². The molecule has 1 heterocycles. The number of allylic oxidation sites excluding steroid dienone is 3. The zero-order valence-electron chi connectivity index (χ0n) is 6.60. The third-order valence-corrected chi connectivity index (χ3v) is 1.57. The average molecular weight is 282 g/mol. The molecule has 0 radical (unpaired) electrons. The van der Waals surface area contributed by atoms with Gasteiger partial charge in [-0.2, -0.15) is 0 Å². The van der Waals surface area contributed by atoms with E-state index in [9.17, 15) is 0 Å². The van der Waals surface area contributed by atoms with E-state index in [2.05, 4.69) is 25.2 Å². The number of rotatable bonds is 0. The first kappa shape index (κ1) is 15.0. The van der Waals surface area contributed by atoms with E-state index >= 15 is 0 Å². The summed E-state index contributed by atoms with van der Waals surface area (Å²) < 4.78 is 5.26. The molecular weight excluding hydrogens is 274 g/mol. The Bertz CT molecular complexity index is 243. The van der Waals surface area contributed by atoms with Crippen LogP contribution in [0.3, 0.4) is 0 Å². The van der Waals surface area contributed by atoms with Crippen LogP contribution in [0.15, 0.2) is 35.1 Å². The van der Waals surface area contributed by atoms with Crippen LogP contribution in [0, 0.1) is 0 Å². The summed E-state index contributed by atoms with van der Waals surface area (Å²) in [5.74, 6) is 1.05. The van der Waals surface area contributed by atoms with E-state index in [1.165, 1.54) is 11.1 Å². The van der Waals surface area contributed by atoms with Gasteiger partial charge in [0.15, 0.2) is 0 Å². The molecule has 0 aromatic rings. The van der Waals surface area contributed by atoms with Crippen LogP contribution in [0.1, 0.15) is 6.92 Å². The van der Waals surface area contributed by atoms with Crippen molar-refractivity contribution >= 4 is 0 Å². The summed E-state index contributed by atoms with van der Waals surface area (Å²) in [6.07, 6.45) is 6.31. The molecule has 1 aliphatic heterocycles. The van der Waals surface area contributed by atoms with Crippen LogP contribution in [0.25, 0.3) is 0 Å². The molecule has 64 valence electrons. The molecule has 0 aromatic heterocycles. The molecule has 0 saturated carbocycles. The summed E-state index contributed by atoms with van der Waals surface area (Å²) in [6, 6.07) is 0. The molecule has 12 heavy (non-hydrogen) atoms. The molecule has 0 amide bonds. The Morgan fingerprint density at radius 2 is 1.92 bits per heavy atom. The van der Waals surface area contributed by atoms with Gasteiger partial charge in [0, 0.05) is 5.57 Å². The first-order valence-corrected chi connectivity index (χ1v) is 3.09. The zero-order valence-corrected chi connectivity index (χ0v) is 10.6.